The Balaban J connectivity index is 2.06. The number of rotatable bonds is 3. The molecule has 0 radical (unpaired) electrons. The first-order valence-corrected chi connectivity index (χ1v) is 6.54. The minimum absolute atomic E-state index is 0.267. The number of hydrogen-bond donors (Lipinski definition) is 2. The Morgan fingerprint density at radius 2 is 2.00 bits per heavy atom. The molecule has 20 heavy (non-hydrogen) atoms. The standard InChI is InChI=1S/C15H15NO4/c17-13(18)9-15(14(19)20)5-6-16-11(8-15)7-10-3-1-2-4-12(10)16/h1-4,7H,5-6,8-9H2,(H,17,18)(H,19,20). The molecule has 1 atom stereocenters. The van der Waals surface area contributed by atoms with Gasteiger partial charge in [0.15, 0.2) is 0 Å². The molecule has 0 aliphatic carbocycles. The summed E-state index contributed by atoms with van der Waals surface area (Å²) < 4.78 is 2.10. The minimum Gasteiger partial charge on any atom is -0.481 e. The van der Waals surface area contributed by atoms with Gasteiger partial charge in [0.1, 0.15) is 0 Å². The van der Waals surface area contributed by atoms with Crippen LogP contribution in [0.5, 0.6) is 0 Å². The Bertz CT molecular complexity index is 703. The molecule has 1 unspecified atom stereocenters. The van der Waals surface area contributed by atoms with Gasteiger partial charge in [-0.25, -0.2) is 0 Å². The molecule has 2 aromatic rings. The molecule has 5 heteroatoms. The number of carbonyl (C=O) groups is 2. The Labute approximate surface area is 115 Å². The summed E-state index contributed by atoms with van der Waals surface area (Å²) in [6.07, 6.45) is 0.285. The molecule has 0 amide bonds. The fourth-order valence-corrected chi connectivity index (χ4v) is 3.14. The monoisotopic (exact) mass is 273 g/mol. The van der Waals surface area contributed by atoms with E-state index in [-0.39, 0.29) is 12.8 Å². The maximum absolute atomic E-state index is 11.6. The summed E-state index contributed by atoms with van der Waals surface area (Å²) in [5.41, 5.74) is 0.800. The highest BCUT2D eigenvalue weighted by Gasteiger charge is 2.43. The molecule has 0 bridgehead atoms. The molecule has 3 rings (SSSR count). The molecule has 0 spiro atoms. The second kappa shape index (κ2) is 4.37. The van der Waals surface area contributed by atoms with Crippen LogP contribution < -0.4 is 0 Å². The molecule has 1 aliphatic heterocycles. The van der Waals surface area contributed by atoms with Crippen LogP contribution in [0.4, 0.5) is 0 Å². The second-order valence-corrected chi connectivity index (χ2v) is 5.43. The van der Waals surface area contributed by atoms with E-state index in [9.17, 15) is 14.7 Å². The van der Waals surface area contributed by atoms with Gasteiger partial charge in [0.2, 0.25) is 0 Å². The molecule has 1 aromatic heterocycles. The lowest BCUT2D eigenvalue weighted by Gasteiger charge is -2.33. The number of hydrogen-bond acceptors (Lipinski definition) is 2. The topological polar surface area (TPSA) is 79.5 Å². The van der Waals surface area contributed by atoms with Crippen molar-refractivity contribution >= 4 is 22.8 Å². The predicted molar refractivity (Wildman–Crippen MR) is 72.6 cm³/mol. The van der Waals surface area contributed by atoms with Gasteiger partial charge in [0.05, 0.1) is 11.8 Å². The zero-order valence-electron chi connectivity index (χ0n) is 10.9. The molecule has 5 nitrogen and oxygen atoms in total. The molecule has 0 fully saturated rings. The molecular formula is C15H15NO4. The summed E-state index contributed by atoms with van der Waals surface area (Å²) in [5, 5.41) is 19.5. The maximum Gasteiger partial charge on any atom is 0.310 e. The molecule has 1 aliphatic rings. The third-order valence-corrected chi connectivity index (χ3v) is 4.17. The first-order chi connectivity index (χ1) is 9.52. The van der Waals surface area contributed by atoms with Crippen LogP contribution in [0.2, 0.25) is 0 Å². The van der Waals surface area contributed by atoms with E-state index in [1.165, 1.54) is 0 Å². The minimum atomic E-state index is -1.18. The number of carboxylic acids is 2. The third-order valence-electron chi connectivity index (χ3n) is 4.17. The van der Waals surface area contributed by atoms with Crippen molar-refractivity contribution in [3.63, 3.8) is 0 Å². The summed E-state index contributed by atoms with van der Waals surface area (Å²) in [7, 11) is 0. The van der Waals surface area contributed by atoms with Crippen LogP contribution in [-0.4, -0.2) is 26.7 Å². The van der Waals surface area contributed by atoms with Crippen molar-refractivity contribution in [2.24, 2.45) is 5.41 Å². The van der Waals surface area contributed by atoms with Crippen LogP contribution >= 0.6 is 0 Å². The molecule has 1 aromatic carbocycles. The molecular weight excluding hydrogens is 258 g/mol. The molecule has 0 saturated heterocycles. The van der Waals surface area contributed by atoms with Gasteiger partial charge in [0, 0.05) is 24.2 Å². The average molecular weight is 273 g/mol. The van der Waals surface area contributed by atoms with Gasteiger partial charge in [-0.3, -0.25) is 9.59 Å². The van der Waals surface area contributed by atoms with Crippen LogP contribution in [-0.2, 0) is 22.6 Å². The molecule has 2 heterocycles. The Morgan fingerprint density at radius 3 is 2.70 bits per heavy atom. The fraction of sp³-hybridized carbons (Fsp3) is 0.333. The SMILES string of the molecule is O=C(O)CC1(C(=O)O)CCn2c(cc3ccccc32)C1. The molecule has 2 N–H and O–H groups in total. The van der Waals surface area contributed by atoms with Crippen LogP contribution in [0.25, 0.3) is 10.9 Å². The van der Waals surface area contributed by atoms with Crippen LogP contribution in [0, 0.1) is 5.41 Å². The van der Waals surface area contributed by atoms with Crippen molar-refractivity contribution in [1.29, 1.82) is 0 Å². The molecule has 104 valence electrons. The van der Waals surface area contributed by atoms with Crippen molar-refractivity contribution in [3.05, 3.63) is 36.0 Å². The van der Waals surface area contributed by atoms with E-state index < -0.39 is 17.4 Å². The van der Waals surface area contributed by atoms with Gasteiger partial charge in [-0.05, 0) is 23.9 Å². The van der Waals surface area contributed by atoms with Crippen molar-refractivity contribution in [1.82, 2.24) is 4.57 Å². The van der Waals surface area contributed by atoms with Gasteiger partial charge in [-0.2, -0.15) is 0 Å². The zero-order chi connectivity index (χ0) is 14.3. The van der Waals surface area contributed by atoms with Crippen molar-refractivity contribution < 1.29 is 19.8 Å². The summed E-state index contributed by atoms with van der Waals surface area (Å²) in [4.78, 5) is 22.6. The highest BCUT2D eigenvalue weighted by Crippen LogP contribution is 2.38. The lowest BCUT2D eigenvalue weighted by atomic mass is 9.75. The Hall–Kier alpha value is -2.30. The van der Waals surface area contributed by atoms with Crippen molar-refractivity contribution in [3.8, 4) is 0 Å². The smallest absolute Gasteiger partial charge is 0.310 e. The van der Waals surface area contributed by atoms with E-state index in [0.717, 1.165) is 16.6 Å². The number of carboxylic acid groups (broad SMARTS) is 2. The number of aliphatic carboxylic acids is 2. The average Bonchev–Trinajstić information content (AvgIpc) is 2.74. The Kier molecular flexibility index (Phi) is 2.78. The first-order valence-electron chi connectivity index (χ1n) is 6.54. The first kappa shape index (κ1) is 12.7. The normalized spacial score (nSPS) is 21.6. The van der Waals surface area contributed by atoms with Gasteiger partial charge in [-0.1, -0.05) is 18.2 Å². The van der Waals surface area contributed by atoms with Crippen LogP contribution in [0.3, 0.4) is 0 Å². The van der Waals surface area contributed by atoms with E-state index in [1.54, 1.807) is 0 Å². The summed E-state index contributed by atoms with van der Waals surface area (Å²) >= 11 is 0. The van der Waals surface area contributed by atoms with Gasteiger partial charge in [0.25, 0.3) is 0 Å². The quantitative estimate of drug-likeness (QED) is 0.897. The van der Waals surface area contributed by atoms with Gasteiger partial charge >= 0.3 is 11.9 Å². The third kappa shape index (κ3) is 1.86. The number of para-hydroxylation sites is 1. The van der Waals surface area contributed by atoms with E-state index >= 15 is 0 Å². The lowest BCUT2D eigenvalue weighted by Crippen LogP contribution is -2.40. The summed E-state index contributed by atoms with van der Waals surface area (Å²) in [5.74, 6) is -2.08. The number of fused-ring (bicyclic) bond motifs is 3. The van der Waals surface area contributed by atoms with Gasteiger partial charge < -0.3 is 14.8 Å². The van der Waals surface area contributed by atoms with Gasteiger partial charge in [-0.15, -0.1) is 0 Å². The second-order valence-electron chi connectivity index (χ2n) is 5.43. The van der Waals surface area contributed by atoms with Crippen LogP contribution in [0.1, 0.15) is 18.5 Å². The lowest BCUT2D eigenvalue weighted by molar-refractivity contribution is -0.157. The molecule has 0 saturated carbocycles. The number of nitrogens with zero attached hydrogens (tertiary/aromatic N) is 1. The number of benzene rings is 1. The highest BCUT2D eigenvalue weighted by molar-refractivity contribution is 5.84. The Morgan fingerprint density at radius 1 is 1.25 bits per heavy atom. The largest absolute Gasteiger partial charge is 0.481 e. The predicted octanol–water partition coefficient (Wildman–Crippen LogP) is 2.13. The fourth-order valence-electron chi connectivity index (χ4n) is 3.14. The summed E-state index contributed by atoms with van der Waals surface area (Å²) in [6.45, 7) is 0.544. The van der Waals surface area contributed by atoms with E-state index in [1.807, 2.05) is 30.3 Å². The highest BCUT2D eigenvalue weighted by atomic mass is 16.4. The van der Waals surface area contributed by atoms with E-state index in [4.69, 9.17) is 5.11 Å². The van der Waals surface area contributed by atoms with Crippen molar-refractivity contribution in [2.45, 2.75) is 25.8 Å². The van der Waals surface area contributed by atoms with E-state index in [0.29, 0.717) is 13.0 Å². The van der Waals surface area contributed by atoms with Crippen LogP contribution in [0.15, 0.2) is 30.3 Å². The van der Waals surface area contributed by atoms with E-state index in [2.05, 4.69) is 4.57 Å². The summed E-state index contributed by atoms with van der Waals surface area (Å²) in [6, 6.07) is 9.85. The zero-order valence-corrected chi connectivity index (χ0v) is 10.9. The number of aromatic nitrogens is 1. The maximum atomic E-state index is 11.6. The number of aryl methyl sites for hydroxylation is 1. The van der Waals surface area contributed by atoms with Crippen molar-refractivity contribution in [2.75, 3.05) is 0 Å².